The molecule has 0 bridgehead atoms. The van der Waals surface area contributed by atoms with Gasteiger partial charge in [-0.25, -0.2) is 8.42 Å². The Hall–Kier alpha value is -2.07. The number of nitrogens with one attached hydrogen (secondary N) is 1. The van der Waals surface area contributed by atoms with Crippen molar-refractivity contribution in [2.75, 3.05) is 31.3 Å². The van der Waals surface area contributed by atoms with Gasteiger partial charge in [0.25, 0.3) is 5.91 Å². The number of hydrogen-bond donors (Lipinski definition) is 1. The van der Waals surface area contributed by atoms with Crippen LogP contribution in [0.2, 0.25) is 5.02 Å². The number of esters is 1. The maximum Gasteiger partial charge on any atom is 0.309 e. The van der Waals surface area contributed by atoms with Crippen molar-refractivity contribution < 1.29 is 22.7 Å². The molecule has 10 heteroatoms. The molecule has 1 N–H and O–H groups in total. The van der Waals surface area contributed by atoms with Crippen LogP contribution in [0.25, 0.3) is 0 Å². The topological polar surface area (TPSA) is 92.8 Å². The number of piperidine rings is 1. The second-order valence-electron chi connectivity index (χ2n) is 7.02. The Balaban J connectivity index is 1.47. The fourth-order valence-electron chi connectivity index (χ4n) is 3.24. The second kappa shape index (κ2) is 10.5. The first-order valence-electron chi connectivity index (χ1n) is 9.66. The molecule has 7 nitrogen and oxygen atoms in total. The highest BCUT2D eigenvalue weighted by Crippen LogP contribution is 2.25. The number of hydrogen-bond acceptors (Lipinski definition) is 6. The lowest BCUT2D eigenvalue weighted by molar-refractivity contribution is -0.152. The van der Waals surface area contributed by atoms with Crippen molar-refractivity contribution >= 4 is 50.9 Å². The summed E-state index contributed by atoms with van der Waals surface area (Å²) >= 11 is 7.38. The molecule has 1 fully saturated rings. The van der Waals surface area contributed by atoms with Gasteiger partial charge in [0.1, 0.15) is 0 Å². The van der Waals surface area contributed by atoms with Crippen molar-refractivity contribution in [3.05, 3.63) is 53.6 Å². The Morgan fingerprint density at radius 2 is 1.84 bits per heavy atom. The van der Waals surface area contributed by atoms with Gasteiger partial charge in [-0.05, 0) is 61.6 Å². The van der Waals surface area contributed by atoms with E-state index < -0.39 is 27.8 Å². The lowest BCUT2D eigenvalue weighted by Gasteiger charge is -2.30. The van der Waals surface area contributed by atoms with Crippen LogP contribution in [0.5, 0.6) is 0 Å². The maximum absolute atomic E-state index is 12.7. The highest BCUT2D eigenvalue weighted by Gasteiger charge is 2.33. The Morgan fingerprint density at radius 1 is 1.16 bits per heavy atom. The van der Waals surface area contributed by atoms with Gasteiger partial charge in [-0.2, -0.15) is 4.31 Å². The van der Waals surface area contributed by atoms with Gasteiger partial charge >= 0.3 is 5.97 Å². The first-order valence-corrected chi connectivity index (χ1v) is 12.7. The molecule has 1 amide bonds. The van der Waals surface area contributed by atoms with Gasteiger partial charge < -0.3 is 10.1 Å². The zero-order chi connectivity index (χ0) is 22.4. The molecule has 1 heterocycles. The Bertz CT molecular complexity index is 1040. The zero-order valence-corrected chi connectivity index (χ0v) is 19.3. The first-order chi connectivity index (χ1) is 14.8. The molecular weight excluding hydrogens is 460 g/mol. The number of amides is 1. The quantitative estimate of drug-likeness (QED) is 0.478. The van der Waals surface area contributed by atoms with Crippen molar-refractivity contribution in [2.24, 2.45) is 5.92 Å². The molecule has 0 atom stereocenters. The van der Waals surface area contributed by atoms with Crippen LogP contribution in [0.1, 0.15) is 12.8 Å². The second-order valence-corrected chi connectivity index (χ2v) is 10.3. The number of sulfonamides is 1. The number of carbonyl (C=O) groups is 2. The lowest BCUT2D eigenvalue weighted by atomic mass is 9.98. The third-order valence-corrected chi connectivity index (χ3v) is 7.83. The van der Waals surface area contributed by atoms with E-state index in [9.17, 15) is 18.0 Å². The van der Waals surface area contributed by atoms with E-state index in [4.69, 9.17) is 16.3 Å². The Morgan fingerprint density at radius 3 is 2.48 bits per heavy atom. The average Bonchev–Trinajstić information content (AvgIpc) is 2.78. The molecule has 2 aromatic rings. The third kappa shape index (κ3) is 6.22. The smallest absolute Gasteiger partial charge is 0.309 e. The predicted octanol–water partition coefficient (Wildman–Crippen LogP) is 3.64. The minimum absolute atomic E-state index is 0.167. The normalized spacial score (nSPS) is 15.4. The van der Waals surface area contributed by atoms with Crippen LogP contribution < -0.4 is 5.32 Å². The minimum atomic E-state index is -3.64. The van der Waals surface area contributed by atoms with Crippen LogP contribution in [0, 0.1) is 5.92 Å². The van der Waals surface area contributed by atoms with Crippen LogP contribution >= 0.6 is 23.4 Å². The van der Waals surface area contributed by atoms with Gasteiger partial charge in [-0.1, -0.05) is 17.7 Å². The van der Waals surface area contributed by atoms with E-state index in [0.29, 0.717) is 23.6 Å². The van der Waals surface area contributed by atoms with E-state index in [0.717, 1.165) is 4.90 Å². The molecule has 0 saturated carbocycles. The summed E-state index contributed by atoms with van der Waals surface area (Å²) in [5, 5.41) is 3.16. The van der Waals surface area contributed by atoms with Gasteiger partial charge in [0.05, 0.1) is 10.8 Å². The van der Waals surface area contributed by atoms with Crippen molar-refractivity contribution in [3.63, 3.8) is 0 Å². The number of halogens is 1. The molecule has 0 radical (unpaired) electrons. The number of thioether (sulfide) groups is 1. The molecular formula is C21H23ClN2O5S2. The minimum Gasteiger partial charge on any atom is -0.455 e. The largest absolute Gasteiger partial charge is 0.455 e. The van der Waals surface area contributed by atoms with E-state index in [1.165, 1.54) is 28.6 Å². The van der Waals surface area contributed by atoms with E-state index in [2.05, 4.69) is 5.32 Å². The molecule has 2 aromatic carbocycles. The molecule has 1 aliphatic rings. The fraction of sp³-hybridized carbons (Fsp3) is 0.333. The van der Waals surface area contributed by atoms with Crippen molar-refractivity contribution in [2.45, 2.75) is 22.6 Å². The summed E-state index contributed by atoms with van der Waals surface area (Å²) in [7, 11) is -3.64. The Kier molecular flexibility index (Phi) is 7.99. The third-order valence-electron chi connectivity index (χ3n) is 4.94. The van der Waals surface area contributed by atoms with E-state index in [-0.39, 0.29) is 24.6 Å². The molecule has 0 spiro atoms. The number of benzene rings is 2. The number of carbonyl (C=O) groups excluding carboxylic acids is 2. The fourth-order valence-corrected chi connectivity index (χ4v) is 5.30. The van der Waals surface area contributed by atoms with Crippen LogP contribution in [0.3, 0.4) is 0 Å². The summed E-state index contributed by atoms with van der Waals surface area (Å²) in [6.45, 7) is 0.0302. The van der Waals surface area contributed by atoms with Crippen LogP contribution in [-0.2, 0) is 24.3 Å². The number of anilines is 1. The van der Waals surface area contributed by atoms with Gasteiger partial charge in [0.15, 0.2) is 6.61 Å². The zero-order valence-electron chi connectivity index (χ0n) is 16.9. The molecule has 0 aromatic heterocycles. The van der Waals surface area contributed by atoms with E-state index in [1.807, 2.05) is 24.5 Å². The molecule has 166 valence electrons. The number of nitrogens with zero attached hydrogens (tertiary/aromatic N) is 1. The van der Waals surface area contributed by atoms with Crippen LogP contribution in [0.15, 0.2) is 58.3 Å². The lowest BCUT2D eigenvalue weighted by Crippen LogP contribution is -2.40. The standard InChI is InChI=1S/C21H23ClN2O5S2/c1-30-18-4-2-3-17(13-18)23-20(25)14-29-21(26)15-9-11-24(12-10-15)31(27,28)19-7-5-16(22)6-8-19/h2-8,13,15H,9-12,14H2,1H3,(H,23,25). The summed E-state index contributed by atoms with van der Waals surface area (Å²) in [5.41, 5.74) is 0.633. The van der Waals surface area contributed by atoms with Crippen molar-refractivity contribution in [1.29, 1.82) is 0 Å². The number of rotatable bonds is 7. The summed E-state index contributed by atoms with van der Waals surface area (Å²) in [5.74, 6) is -1.35. The maximum atomic E-state index is 12.7. The van der Waals surface area contributed by atoms with E-state index in [1.54, 1.807) is 17.8 Å². The summed E-state index contributed by atoms with van der Waals surface area (Å²) in [6.07, 6.45) is 2.61. The Labute approximate surface area is 191 Å². The monoisotopic (exact) mass is 482 g/mol. The van der Waals surface area contributed by atoms with Crippen molar-refractivity contribution in [1.82, 2.24) is 4.31 Å². The highest BCUT2D eigenvalue weighted by molar-refractivity contribution is 7.98. The average molecular weight is 483 g/mol. The summed E-state index contributed by atoms with van der Waals surface area (Å²) in [4.78, 5) is 25.6. The summed E-state index contributed by atoms with van der Waals surface area (Å²) in [6, 6.07) is 13.3. The van der Waals surface area contributed by atoms with Gasteiger partial charge in [0.2, 0.25) is 10.0 Å². The van der Waals surface area contributed by atoms with E-state index >= 15 is 0 Å². The molecule has 1 aliphatic heterocycles. The van der Waals surface area contributed by atoms with Crippen LogP contribution in [0.4, 0.5) is 5.69 Å². The molecule has 0 aliphatic carbocycles. The van der Waals surface area contributed by atoms with Gasteiger partial charge in [-0.3, -0.25) is 9.59 Å². The molecule has 31 heavy (non-hydrogen) atoms. The van der Waals surface area contributed by atoms with Gasteiger partial charge in [-0.15, -0.1) is 11.8 Å². The van der Waals surface area contributed by atoms with Crippen molar-refractivity contribution in [3.8, 4) is 0 Å². The van der Waals surface area contributed by atoms with Gasteiger partial charge in [0, 0.05) is 28.7 Å². The number of ether oxygens (including phenoxy) is 1. The summed E-state index contributed by atoms with van der Waals surface area (Å²) < 4.78 is 31.9. The van der Waals surface area contributed by atoms with Crippen LogP contribution in [-0.4, -0.2) is 50.6 Å². The first kappa shape index (κ1) is 23.6. The SMILES string of the molecule is CSc1cccc(NC(=O)COC(=O)C2CCN(S(=O)(=O)c3ccc(Cl)cc3)CC2)c1. The molecule has 3 rings (SSSR count). The highest BCUT2D eigenvalue weighted by atomic mass is 35.5. The predicted molar refractivity (Wildman–Crippen MR) is 121 cm³/mol. The molecule has 1 saturated heterocycles. The molecule has 0 unspecified atom stereocenters.